The number of hydrogen-bond donors (Lipinski definition) is 0. The van der Waals surface area contributed by atoms with Crippen LogP contribution in [0.1, 0.15) is 13.8 Å². The monoisotopic (exact) mass is 253 g/mol. The molecule has 6 heteroatoms. The zero-order valence-corrected chi connectivity index (χ0v) is 10.7. The highest BCUT2D eigenvalue weighted by molar-refractivity contribution is 7.89. The second kappa shape index (κ2) is 5.75. The molecule has 0 aliphatic heterocycles. The van der Waals surface area contributed by atoms with Crippen molar-refractivity contribution in [3.63, 3.8) is 0 Å². The smallest absolute Gasteiger partial charge is 0.244 e. The van der Waals surface area contributed by atoms with E-state index in [0.29, 0.717) is 6.54 Å². The summed E-state index contributed by atoms with van der Waals surface area (Å²) < 4.78 is 25.7. The molecule has 0 aliphatic rings. The molecule has 17 heavy (non-hydrogen) atoms. The first-order chi connectivity index (χ1) is 8.02. The molecule has 0 fully saturated rings. The number of hydrogen-bond acceptors (Lipinski definition) is 4. The van der Waals surface area contributed by atoms with Crippen LogP contribution in [0.25, 0.3) is 0 Å². The summed E-state index contributed by atoms with van der Waals surface area (Å²) in [6.07, 6.45) is 2.84. The first-order valence-electron chi connectivity index (χ1n) is 5.32. The number of sulfonamides is 1. The van der Waals surface area contributed by atoms with Crippen molar-refractivity contribution in [1.82, 2.24) is 9.29 Å². The molecule has 0 N–H and O–H groups in total. The molecule has 0 amide bonds. The summed E-state index contributed by atoms with van der Waals surface area (Å²) in [5.41, 5.74) is 0. The third kappa shape index (κ3) is 3.25. The lowest BCUT2D eigenvalue weighted by atomic mass is 10.2. The molecule has 0 aromatic carbocycles. The maximum absolute atomic E-state index is 12.2. The zero-order chi connectivity index (χ0) is 12.9. The highest BCUT2D eigenvalue weighted by Gasteiger charge is 2.24. The van der Waals surface area contributed by atoms with Gasteiger partial charge in [-0.05, 0) is 19.1 Å². The lowest BCUT2D eigenvalue weighted by Crippen LogP contribution is -2.34. The highest BCUT2D eigenvalue weighted by Crippen LogP contribution is 2.15. The maximum Gasteiger partial charge on any atom is 0.244 e. The van der Waals surface area contributed by atoms with Crippen molar-refractivity contribution < 1.29 is 8.42 Å². The molecule has 1 unspecified atom stereocenters. The van der Waals surface area contributed by atoms with Gasteiger partial charge in [0, 0.05) is 25.5 Å². The molecule has 0 saturated heterocycles. The quantitative estimate of drug-likeness (QED) is 0.791. The van der Waals surface area contributed by atoms with E-state index in [4.69, 9.17) is 5.26 Å². The predicted molar refractivity (Wildman–Crippen MR) is 63.4 cm³/mol. The van der Waals surface area contributed by atoms with Crippen molar-refractivity contribution in [2.75, 3.05) is 13.1 Å². The molecule has 0 spiro atoms. The van der Waals surface area contributed by atoms with Gasteiger partial charge in [-0.1, -0.05) is 6.92 Å². The Hall–Kier alpha value is -1.45. The fourth-order valence-electron chi connectivity index (χ4n) is 1.39. The lowest BCUT2D eigenvalue weighted by molar-refractivity contribution is 0.399. The van der Waals surface area contributed by atoms with Gasteiger partial charge in [-0.2, -0.15) is 9.57 Å². The van der Waals surface area contributed by atoms with Crippen LogP contribution in [0.3, 0.4) is 0 Å². The topological polar surface area (TPSA) is 74.1 Å². The van der Waals surface area contributed by atoms with Crippen molar-refractivity contribution in [2.24, 2.45) is 5.92 Å². The van der Waals surface area contributed by atoms with Crippen LogP contribution in [0.2, 0.25) is 0 Å². The molecule has 5 nitrogen and oxygen atoms in total. The summed E-state index contributed by atoms with van der Waals surface area (Å²) in [5.74, 6) is -0.332. The zero-order valence-electron chi connectivity index (χ0n) is 9.87. The van der Waals surface area contributed by atoms with Gasteiger partial charge in [0.15, 0.2) is 0 Å². The molecule has 1 aromatic rings. The molecule has 1 heterocycles. The number of aromatic nitrogens is 1. The van der Waals surface area contributed by atoms with Crippen molar-refractivity contribution in [1.29, 1.82) is 5.26 Å². The van der Waals surface area contributed by atoms with Gasteiger partial charge in [-0.3, -0.25) is 4.98 Å². The van der Waals surface area contributed by atoms with Crippen LogP contribution in [0.4, 0.5) is 0 Å². The first-order valence-corrected chi connectivity index (χ1v) is 6.76. The number of nitriles is 1. The van der Waals surface area contributed by atoms with Crippen LogP contribution in [0, 0.1) is 17.2 Å². The van der Waals surface area contributed by atoms with Gasteiger partial charge in [-0.15, -0.1) is 0 Å². The molecule has 0 radical (unpaired) electrons. The molecule has 0 bridgehead atoms. The van der Waals surface area contributed by atoms with E-state index in [0.717, 1.165) is 0 Å². The SMILES string of the molecule is CCN(CC(C)C#N)S(=O)(=O)c1cccnc1. The summed E-state index contributed by atoms with van der Waals surface area (Å²) >= 11 is 0. The van der Waals surface area contributed by atoms with Gasteiger partial charge >= 0.3 is 0 Å². The molecular formula is C11H15N3O2S. The Morgan fingerprint density at radius 2 is 2.29 bits per heavy atom. The Kier molecular flexibility index (Phi) is 4.61. The fraction of sp³-hybridized carbons (Fsp3) is 0.455. The minimum atomic E-state index is -3.54. The Morgan fingerprint density at radius 3 is 2.76 bits per heavy atom. The minimum absolute atomic E-state index is 0.159. The summed E-state index contributed by atoms with van der Waals surface area (Å²) in [4.78, 5) is 3.96. The van der Waals surface area contributed by atoms with Gasteiger partial charge in [0.2, 0.25) is 10.0 Å². The highest BCUT2D eigenvalue weighted by atomic mass is 32.2. The lowest BCUT2D eigenvalue weighted by Gasteiger charge is -2.21. The van der Waals surface area contributed by atoms with E-state index in [1.165, 1.54) is 22.8 Å². The number of rotatable bonds is 5. The molecule has 1 aromatic heterocycles. The average Bonchev–Trinajstić information content (AvgIpc) is 2.36. The summed E-state index contributed by atoms with van der Waals surface area (Å²) in [7, 11) is -3.54. The molecule has 92 valence electrons. The number of pyridine rings is 1. The normalized spacial score (nSPS) is 13.3. The molecule has 0 saturated carbocycles. The third-order valence-corrected chi connectivity index (χ3v) is 4.25. The van der Waals surface area contributed by atoms with Crippen LogP contribution in [0.15, 0.2) is 29.4 Å². The number of nitrogens with zero attached hydrogens (tertiary/aromatic N) is 3. The molecule has 1 rings (SSSR count). The second-order valence-corrected chi connectivity index (χ2v) is 5.61. The molecule has 0 aliphatic carbocycles. The molecular weight excluding hydrogens is 238 g/mol. The standard InChI is InChI=1S/C11H15N3O2S/c1-3-14(9-10(2)7-12)17(15,16)11-5-4-6-13-8-11/h4-6,8,10H,3,9H2,1-2H3. The van der Waals surface area contributed by atoms with E-state index >= 15 is 0 Å². The van der Waals surface area contributed by atoms with Crippen molar-refractivity contribution in [3.05, 3.63) is 24.5 Å². The van der Waals surface area contributed by atoms with Crippen LogP contribution >= 0.6 is 0 Å². The molecule has 1 atom stereocenters. The Balaban J connectivity index is 3.00. The van der Waals surface area contributed by atoms with E-state index in [2.05, 4.69) is 4.98 Å². The van der Waals surface area contributed by atoms with E-state index in [-0.39, 0.29) is 17.4 Å². The first kappa shape index (κ1) is 13.6. The van der Waals surface area contributed by atoms with E-state index < -0.39 is 10.0 Å². The average molecular weight is 253 g/mol. The van der Waals surface area contributed by atoms with Crippen LogP contribution < -0.4 is 0 Å². The van der Waals surface area contributed by atoms with Gasteiger partial charge in [0.25, 0.3) is 0 Å². The van der Waals surface area contributed by atoms with E-state index in [9.17, 15) is 8.42 Å². The van der Waals surface area contributed by atoms with Gasteiger partial charge in [-0.25, -0.2) is 8.42 Å². The predicted octanol–water partition coefficient (Wildman–Crippen LogP) is 1.25. The largest absolute Gasteiger partial charge is 0.263 e. The van der Waals surface area contributed by atoms with Crippen molar-refractivity contribution in [3.8, 4) is 6.07 Å². The van der Waals surface area contributed by atoms with Crippen molar-refractivity contribution >= 4 is 10.0 Å². The second-order valence-electron chi connectivity index (χ2n) is 3.67. The van der Waals surface area contributed by atoms with Crippen LogP contribution in [0.5, 0.6) is 0 Å². The van der Waals surface area contributed by atoms with Gasteiger partial charge < -0.3 is 0 Å². The van der Waals surface area contributed by atoms with E-state index in [1.54, 1.807) is 19.9 Å². The summed E-state index contributed by atoms with van der Waals surface area (Å²) in [6, 6.07) is 5.11. The van der Waals surface area contributed by atoms with Crippen molar-refractivity contribution in [2.45, 2.75) is 18.7 Å². The Bertz CT molecular complexity index is 493. The summed E-state index contributed by atoms with van der Waals surface area (Å²) in [6.45, 7) is 3.98. The Labute approximate surface area is 102 Å². The Morgan fingerprint density at radius 1 is 1.59 bits per heavy atom. The summed E-state index contributed by atoms with van der Waals surface area (Å²) in [5, 5.41) is 8.73. The van der Waals surface area contributed by atoms with Crippen LogP contribution in [-0.2, 0) is 10.0 Å². The minimum Gasteiger partial charge on any atom is -0.263 e. The van der Waals surface area contributed by atoms with E-state index in [1.807, 2.05) is 6.07 Å². The fourth-order valence-corrected chi connectivity index (χ4v) is 2.89. The third-order valence-electron chi connectivity index (χ3n) is 2.32. The van der Waals surface area contributed by atoms with Gasteiger partial charge in [0.05, 0.1) is 12.0 Å². The van der Waals surface area contributed by atoms with Gasteiger partial charge in [0.1, 0.15) is 4.90 Å². The maximum atomic E-state index is 12.2. The van der Waals surface area contributed by atoms with Crippen LogP contribution in [-0.4, -0.2) is 30.8 Å².